The summed E-state index contributed by atoms with van der Waals surface area (Å²) in [6.45, 7) is 0. The molecule has 3 aromatic carbocycles. The van der Waals surface area contributed by atoms with Crippen LogP contribution in [0, 0.1) is 10.1 Å². The highest BCUT2D eigenvalue weighted by atomic mass is 32.2. The smallest absolute Gasteiger partial charge is 0.294 e. The van der Waals surface area contributed by atoms with E-state index in [2.05, 4.69) is 5.32 Å². The summed E-state index contributed by atoms with van der Waals surface area (Å²) in [4.78, 5) is 22.1. The average Bonchev–Trinajstić information content (AvgIpc) is 2.62. The van der Waals surface area contributed by atoms with Crippen LogP contribution in [-0.4, -0.2) is 28.9 Å². The maximum Gasteiger partial charge on any atom is 0.294 e. The Labute approximate surface area is 152 Å². The molecule has 138 valence electrons. The molecule has 0 atom stereocenters. The molecule has 27 heavy (non-hydrogen) atoms. The second kappa shape index (κ2) is 6.67. The summed E-state index contributed by atoms with van der Waals surface area (Å²) in [6, 6.07) is 11.3. The predicted octanol–water partition coefficient (Wildman–Crippen LogP) is 2.95. The third kappa shape index (κ3) is 3.71. The zero-order valence-corrected chi connectivity index (χ0v) is 14.3. The fourth-order valence-corrected chi connectivity index (χ4v) is 3.02. The maximum absolute atomic E-state index is 12.4. The molecule has 3 N–H and O–H groups in total. The number of amides is 1. The highest BCUT2D eigenvalue weighted by molar-refractivity contribution is 7.85. The molecule has 0 heterocycles. The van der Waals surface area contributed by atoms with Crippen LogP contribution in [0.1, 0.15) is 10.4 Å². The number of phenols is 1. The van der Waals surface area contributed by atoms with Gasteiger partial charge in [-0.25, -0.2) is 0 Å². The number of nitrogens with zero attached hydrogens (tertiary/aromatic N) is 1. The quantitative estimate of drug-likeness (QED) is 0.269. The predicted molar refractivity (Wildman–Crippen MR) is 96.5 cm³/mol. The van der Waals surface area contributed by atoms with Crippen molar-refractivity contribution in [1.29, 1.82) is 0 Å². The standard InChI is InChI=1S/C17H12N2O7S/c20-15-8-3-11-9-13(27(24,25)26)6-7-14(11)16(15)18-17(21)10-1-4-12(5-2-10)19(22)23/h1-9,20H,(H,18,21)(H,24,25,26). The fourth-order valence-electron chi connectivity index (χ4n) is 2.51. The molecule has 0 aromatic heterocycles. The molecule has 3 aromatic rings. The molecule has 0 aliphatic rings. The van der Waals surface area contributed by atoms with Gasteiger partial charge in [-0.05, 0) is 35.7 Å². The van der Waals surface area contributed by atoms with Crippen molar-refractivity contribution in [2.75, 3.05) is 5.32 Å². The van der Waals surface area contributed by atoms with E-state index in [9.17, 15) is 28.4 Å². The van der Waals surface area contributed by atoms with Gasteiger partial charge in [0, 0.05) is 23.1 Å². The lowest BCUT2D eigenvalue weighted by Crippen LogP contribution is -2.12. The first kappa shape index (κ1) is 18.3. The first-order chi connectivity index (χ1) is 12.7. The van der Waals surface area contributed by atoms with E-state index >= 15 is 0 Å². The first-order valence-corrected chi connectivity index (χ1v) is 8.90. The second-order valence-corrected chi connectivity index (χ2v) is 7.00. The van der Waals surface area contributed by atoms with E-state index in [0.29, 0.717) is 10.8 Å². The number of fused-ring (bicyclic) bond motifs is 1. The Morgan fingerprint density at radius 3 is 2.30 bits per heavy atom. The number of anilines is 1. The van der Waals surface area contributed by atoms with Crippen LogP contribution >= 0.6 is 0 Å². The summed E-state index contributed by atoms with van der Waals surface area (Å²) in [7, 11) is -4.40. The van der Waals surface area contributed by atoms with Crippen molar-refractivity contribution in [3.63, 3.8) is 0 Å². The summed E-state index contributed by atoms with van der Waals surface area (Å²) < 4.78 is 31.6. The van der Waals surface area contributed by atoms with Crippen molar-refractivity contribution < 1.29 is 27.8 Å². The molecular weight excluding hydrogens is 376 g/mol. The van der Waals surface area contributed by atoms with Crippen LogP contribution in [0.25, 0.3) is 10.8 Å². The van der Waals surface area contributed by atoms with Gasteiger partial charge in [0.15, 0.2) is 0 Å². The maximum atomic E-state index is 12.4. The molecule has 1 amide bonds. The van der Waals surface area contributed by atoms with Gasteiger partial charge in [-0.15, -0.1) is 0 Å². The summed E-state index contributed by atoms with van der Waals surface area (Å²) in [5.74, 6) is -0.871. The first-order valence-electron chi connectivity index (χ1n) is 7.46. The monoisotopic (exact) mass is 388 g/mol. The van der Waals surface area contributed by atoms with Crippen LogP contribution in [0.3, 0.4) is 0 Å². The largest absolute Gasteiger partial charge is 0.506 e. The number of aromatic hydroxyl groups is 1. The lowest BCUT2D eigenvalue weighted by atomic mass is 10.1. The zero-order chi connectivity index (χ0) is 19.8. The van der Waals surface area contributed by atoms with E-state index in [1.165, 1.54) is 48.5 Å². The van der Waals surface area contributed by atoms with Crippen LogP contribution < -0.4 is 5.32 Å². The number of hydrogen-bond acceptors (Lipinski definition) is 6. The van der Waals surface area contributed by atoms with Gasteiger partial charge in [0.2, 0.25) is 0 Å². The van der Waals surface area contributed by atoms with E-state index in [1.54, 1.807) is 0 Å². The normalized spacial score (nSPS) is 11.3. The Kier molecular flexibility index (Phi) is 4.52. The number of nitro groups is 1. The van der Waals surface area contributed by atoms with Crippen LogP contribution in [0.4, 0.5) is 11.4 Å². The van der Waals surface area contributed by atoms with Gasteiger partial charge in [-0.3, -0.25) is 19.5 Å². The summed E-state index contributed by atoms with van der Waals surface area (Å²) >= 11 is 0. The van der Waals surface area contributed by atoms with Crippen molar-refractivity contribution >= 4 is 38.2 Å². The van der Waals surface area contributed by atoms with Crippen LogP contribution in [0.15, 0.2) is 59.5 Å². The Hall–Kier alpha value is -3.50. The van der Waals surface area contributed by atoms with Gasteiger partial charge < -0.3 is 10.4 Å². The molecule has 0 unspecified atom stereocenters. The molecule has 0 aliphatic heterocycles. The molecule has 0 aliphatic carbocycles. The van der Waals surface area contributed by atoms with Gasteiger partial charge in [0.05, 0.1) is 15.5 Å². The van der Waals surface area contributed by atoms with E-state index in [-0.39, 0.29) is 27.6 Å². The number of nitro benzene ring substituents is 1. The van der Waals surface area contributed by atoms with Gasteiger partial charge in [0.25, 0.3) is 21.7 Å². The van der Waals surface area contributed by atoms with Gasteiger partial charge >= 0.3 is 0 Å². The molecule has 3 rings (SSSR count). The van der Waals surface area contributed by atoms with Crippen LogP contribution in [0.2, 0.25) is 0 Å². The van der Waals surface area contributed by atoms with Crippen molar-refractivity contribution in [3.8, 4) is 5.75 Å². The lowest BCUT2D eigenvalue weighted by molar-refractivity contribution is -0.384. The van der Waals surface area contributed by atoms with E-state index in [4.69, 9.17) is 4.55 Å². The number of carbonyl (C=O) groups excluding carboxylic acids is 1. The number of phenolic OH excluding ortho intramolecular Hbond substituents is 1. The number of nitrogens with one attached hydrogen (secondary N) is 1. The number of benzene rings is 3. The van der Waals surface area contributed by atoms with Gasteiger partial charge in [-0.2, -0.15) is 8.42 Å². The number of non-ortho nitro benzene ring substituents is 1. The minimum Gasteiger partial charge on any atom is -0.506 e. The summed E-state index contributed by atoms with van der Waals surface area (Å²) in [6.07, 6.45) is 0. The number of hydrogen-bond donors (Lipinski definition) is 3. The van der Waals surface area contributed by atoms with Crippen molar-refractivity contribution in [2.24, 2.45) is 0 Å². The molecular formula is C17H12N2O7S. The lowest BCUT2D eigenvalue weighted by Gasteiger charge is -2.11. The Bertz CT molecular complexity index is 1170. The summed E-state index contributed by atoms with van der Waals surface area (Å²) in [5, 5.41) is 24.0. The third-order valence-corrected chi connectivity index (χ3v) is 4.70. The molecule has 0 radical (unpaired) electrons. The van der Waals surface area contributed by atoms with Gasteiger partial charge in [0.1, 0.15) is 5.75 Å². The third-order valence-electron chi connectivity index (χ3n) is 3.85. The number of rotatable bonds is 4. The van der Waals surface area contributed by atoms with Crippen molar-refractivity contribution in [3.05, 3.63) is 70.3 Å². The highest BCUT2D eigenvalue weighted by Crippen LogP contribution is 2.34. The SMILES string of the molecule is O=C(Nc1c(O)ccc2cc(S(=O)(=O)O)ccc12)c1ccc([N+](=O)[O-])cc1. The second-order valence-electron chi connectivity index (χ2n) is 5.58. The molecule has 0 bridgehead atoms. The van der Waals surface area contributed by atoms with Crippen LogP contribution in [0.5, 0.6) is 5.75 Å². The van der Waals surface area contributed by atoms with Gasteiger partial charge in [-0.1, -0.05) is 12.1 Å². The van der Waals surface area contributed by atoms with E-state index in [0.717, 1.165) is 6.07 Å². The number of carbonyl (C=O) groups is 1. The highest BCUT2D eigenvalue weighted by Gasteiger charge is 2.16. The Balaban J connectivity index is 1.99. The minimum absolute atomic E-state index is 0.0396. The molecule has 0 saturated carbocycles. The zero-order valence-electron chi connectivity index (χ0n) is 13.5. The minimum atomic E-state index is -4.40. The average molecular weight is 388 g/mol. The Morgan fingerprint density at radius 2 is 1.70 bits per heavy atom. The Morgan fingerprint density at radius 1 is 1.04 bits per heavy atom. The molecule has 9 nitrogen and oxygen atoms in total. The summed E-state index contributed by atoms with van der Waals surface area (Å²) in [5.41, 5.74) is 0.00148. The van der Waals surface area contributed by atoms with Crippen molar-refractivity contribution in [1.82, 2.24) is 0 Å². The molecule has 10 heteroatoms. The fraction of sp³-hybridized carbons (Fsp3) is 0. The molecule has 0 fully saturated rings. The molecule has 0 spiro atoms. The van der Waals surface area contributed by atoms with Crippen LogP contribution in [-0.2, 0) is 10.1 Å². The topological polar surface area (TPSA) is 147 Å². The van der Waals surface area contributed by atoms with Crippen molar-refractivity contribution in [2.45, 2.75) is 4.90 Å². The van der Waals surface area contributed by atoms with E-state index < -0.39 is 20.9 Å². The molecule has 0 saturated heterocycles. The van der Waals surface area contributed by atoms with E-state index in [1.807, 2.05) is 0 Å².